The van der Waals surface area contributed by atoms with Gasteiger partial charge in [0.2, 0.25) is 0 Å². The van der Waals surface area contributed by atoms with Gasteiger partial charge in [0.1, 0.15) is 11.5 Å². The first kappa shape index (κ1) is 17.5. The van der Waals surface area contributed by atoms with Crippen LogP contribution in [0.1, 0.15) is 36.2 Å². The fraction of sp³-hybridized carbons (Fsp3) is 0.500. The normalized spacial score (nSPS) is 18.7. The molecule has 0 unspecified atom stereocenters. The van der Waals surface area contributed by atoms with Crippen molar-refractivity contribution in [3.8, 4) is 11.3 Å². The van der Waals surface area contributed by atoms with Crippen molar-refractivity contribution in [1.82, 2.24) is 29.8 Å². The van der Waals surface area contributed by atoms with Crippen LogP contribution in [-0.2, 0) is 24.2 Å². The van der Waals surface area contributed by atoms with Gasteiger partial charge in [-0.2, -0.15) is 5.10 Å². The maximum Gasteiger partial charge on any atom is 0.154 e. The van der Waals surface area contributed by atoms with E-state index in [1.807, 2.05) is 18.2 Å². The van der Waals surface area contributed by atoms with E-state index in [1.165, 1.54) is 0 Å². The molecule has 0 saturated carbocycles. The Morgan fingerprint density at radius 1 is 1.14 bits per heavy atom. The van der Waals surface area contributed by atoms with Gasteiger partial charge in [-0.3, -0.25) is 9.88 Å². The Balaban J connectivity index is 1.22. The van der Waals surface area contributed by atoms with E-state index in [-0.39, 0.29) is 0 Å². The van der Waals surface area contributed by atoms with Crippen LogP contribution in [-0.4, -0.2) is 56.1 Å². The molecule has 3 aromatic heterocycles. The highest BCUT2D eigenvalue weighted by molar-refractivity contribution is 5.57. The molecule has 5 rings (SSSR count). The van der Waals surface area contributed by atoms with Crippen LogP contribution in [0.15, 0.2) is 35.1 Å². The van der Waals surface area contributed by atoms with Gasteiger partial charge in [-0.25, -0.2) is 9.67 Å². The van der Waals surface area contributed by atoms with E-state index in [2.05, 4.69) is 19.7 Å². The van der Waals surface area contributed by atoms with Gasteiger partial charge in [0.25, 0.3) is 0 Å². The van der Waals surface area contributed by atoms with Gasteiger partial charge in [0.15, 0.2) is 11.6 Å². The summed E-state index contributed by atoms with van der Waals surface area (Å²) in [6, 6.07) is 5.89. The first-order chi connectivity index (χ1) is 13.8. The minimum Gasteiger partial charge on any atom is -0.381 e. The van der Waals surface area contributed by atoms with E-state index in [0.29, 0.717) is 5.92 Å². The van der Waals surface area contributed by atoms with Gasteiger partial charge in [-0.1, -0.05) is 5.16 Å². The van der Waals surface area contributed by atoms with Crippen LogP contribution < -0.4 is 0 Å². The predicted octanol–water partition coefficient (Wildman–Crippen LogP) is 2.28. The molecule has 146 valence electrons. The summed E-state index contributed by atoms with van der Waals surface area (Å²) in [5.41, 5.74) is 1.80. The molecule has 0 N–H and O–H groups in total. The van der Waals surface area contributed by atoms with Crippen molar-refractivity contribution in [2.24, 2.45) is 0 Å². The first-order valence-corrected chi connectivity index (χ1v) is 9.95. The molecule has 1 fully saturated rings. The first-order valence-electron chi connectivity index (χ1n) is 9.95. The van der Waals surface area contributed by atoms with E-state index in [0.717, 1.165) is 87.3 Å². The summed E-state index contributed by atoms with van der Waals surface area (Å²) in [5.74, 6) is 3.42. The zero-order valence-corrected chi connectivity index (χ0v) is 15.8. The molecule has 8 nitrogen and oxygen atoms in total. The van der Waals surface area contributed by atoms with Crippen LogP contribution in [0.4, 0.5) is 0 Å². The highest BCUT2D eigenvalue weighted by Gasteiger charge is 2.24. The Morgan fingerprint density at radius 2 is 2.07 bits per heavy atom. The van der Waals surface area contributed by atoms with E-state index in [4.69, 9.17) is 19.3 Å². The summed E-state index contributed by atoms with van der Waals surface area (Å²) in [7, 11) is 0. The smallest absolute Gasteiger partial charge is 0.154 e. The molecule has 8 heteroatoms. The molecule has 3 aromatic rings. The number of aromatic nitrogens is 5. The minimum absolute atomic E-state index is 0.448. The van der Waals surface area contributed by atoms with E-state index in [1.54, 1.807) is 12.4 Å². The Morgan fingerprint density at radius 3 is 2.93 bits per heavy atom. The molecule has 0 amide bonds. The Bertz CT molecular complexity index is 890. The van der Waals surface area contributed by atoms with E-state index >= 15 is 0 Å². The molecule has 0 aliphatic carbocycles. The molecule has 2 aliphatic heterocycles. The van der Waals surface area contributed by atoms with Crippen LogP contribution in [0.2, 0.25) is 0 Å². The summed E-state index contributed by atoms with van der Waals surface area (Å²) in [6.07, 6.45) is 6.52. The number of nitrogens with zero attached hydrogens (tertiary/aromatic N) is 6. The molecular formula is C20H24N6O2. The zero-order valence-electron chi connectivity index (χ0n) is 15.8. The molecule has 0 atom stereocenters. The molecule has 5 heterocycles. The number of hydrogen-bond donors (Lipinski definition) is 0. The quantitative estimate of drug-likeness (QED) is 0.687. The van der Waals surface area contributed by atoms with E-state index in [9.17, 15) is 0 Å². The lowest BCUT2D eigenvalue weighted by Gasteiger charge is -2.19. The highest BCUT2D eigenvalue weighted by atomic mass is 16.5. The molecule has 0 aromatic carbocycles. The highest BCUT2D eigenvalue weighted by Crippen LogP contribution is 2.25. The number of hydrogen-bond acceptors (Lipinski definition) is 7. The third-order valence-corrected chi connectivity index (χ3v) is 5.53. The summed E-state index contributed by atoms with van der Waals surface area (Å²) in [6.45, 7) is 5.10. The van der Waals surface area contributed by atoms with Crippen molar-refractivity contribution in [3.05, 3.63) is 48.0 Å². The third kappa shape index (κ3) is 3.70. The molecule has 0 radical (unpaired) electrons. The molecule has 2 aliphatic rings. The number of ether oxygens (including phenoxy) is 1. The average Bonchev–Trinajstić information content (AvgIpc) is 3.34. The lowest BCUT2D eigenvalue weighted by molar-refractivity contribution is 0.0835. The zero-order chi connectivity index (χ0) is 18.8. The van der Waals surface area contributed by atoms with Gasteiger partial charge in [-0.15, -0.1) is 0 Å². The van der Waals surface area contributed by atoms with Crippen molar-refractivity contribution in [1.29, 1.82) is 0 Å². The maximum absolute atomic E-state index is 5.55. The molecule has 0 spiro atoms. The third-order valence-electron chi connectivity index (χ3n) is 5.53. The Labute approximate surface area is 163 Å². The van der Waals surface area contributed by atoms with Crippen LogP contribution in [0.3, 0.4) is 0 Å². The SMILES string of the molecule is c1cncc(-c2cc(CN3CCc4nc(C5CCOCC5)nn4CC3)on2)c1. The van der Waals surface area contributed by atoms with Gasteiger partial charge in [0.05, 0.1) is 13.1 Å². The van der Waals surface area contributed by atoms with Crippen LogP contribution >= 0.6 is 0 Å². The van der Waals surface area contributed by atoms with Crippen molar-refractivity contribution in [2.45, 2.75) is 38.3 Å². The van der Waals surface area contributed by atoms with Gasteiger partial charge in [-0.05, 0) is 25.0 Å². The summed E-state index contributed by atoms with van der Waals surface area (Å²) < 4.78 is 13.1. The molecular weight excluding hydrogens is 356 g/mol. The van der Waals surface area contributed by atoms with Gasteiger partial charge in [0, 0.05) is 62.7 Å². The summed E-state index contributed by atoms with van der Waals surface area (Å²) in [5, 5.41) is 8.99. The second kappa shape index (κ2) is 7.81. The maximum atomic E-state index is 5.55. The molecule has 28 heavy (non-hydrogen) atoms. The monoisotopic (exact) mass is 380 g/mol. The number of pyridine rings is 1. The fourth-order valence-electron chi connectivity index (χ4n) is 3.91. The largest absolute Gasteiger partial charge is 0.381 e. The lowest BCUT2D eigenvalue weighted by Crippen LogP contribution is -2.26. The van der Waals surface area contributed by atoms with Crippen molar-refractivity contribution in [2.75, 3.05) is 26.3 Å². The van der Waals surface area contributed by atoms with Crippen molar-refractivity contribution >= 4 is 0 Å². The fourth-order valence-corrected chi connectivity index (χ4v) is 3.91. The van der Waals surface area contributed by atoms with Crippen molar-refractivity contribution in [3.63, 3.8) is 0 Å². The number of rotatable bonds is 4. The standard InChI is InChI=1S/C20H24N6O2/c1-2-16(13-21-6-1)18-12-17(28-24-18)14-25-7-3-19-22-20(23-26(19)9-8-25)15-4-10-27-11-5-15/h1-2,6,12-13,15H,3-5,7-11,14H2. The van der Waals surface area contributed by atoms with Crippen molar-refractivity contribution < 1.29 is 9.26 Å². The lowest BCUT2D eigenvalue weighted by atomic mass is 10.00. The summed E-state index contributed by atoms with van der Waals surface area (Å²) >= 11 is 0. The van der Waals surface area contributed by atoms with Crippen LogP contribution in [0.5, 0.6) is 0 Å². The van der Waals surface area contributed by atoms with Gasteiger partial charge < -0.3 is 9.26 Å². The second-order valence-electron chi connectivity index (χ2n) is 7.44. The van der Waals surface area contributed by atoms with Gasteiger partial charge >= 0.3 is 0 Å². The topological polar surface area (TPSA) is 82.1 Å². The van der Waals surface area contributed by atoms with E-state index < -0.39 is 0 Å². The van der Waals surface area contributed by atoms with Crippen LogP contribution in [0, 0.1) is 0 Å². The minimum atomic E-state index is 0.448. The number of fused-ring (bicyclic) bond motifs is 1. The average molecular weight is 380 g/mol. The second-order valence-corrected chi connectivity index (χ2v) is 7.44. The Kier molecular flexibility index (Phi) is 4.88. The summed E-state index contributed by atoms with van der Waals surface area (Å²) in [4.78, 5) is 11.4. The molecule has 1 saturated heterocycles. The Hall–Kier alpha value is -2.58. The van der Waals surface area contributed by atoms with Crippen LogP contribution in [0.25, 0.3) is 11.3 Å². The molecule has 0 bridgehead atoms. The predicted molar refractivity (Wildman–Crippen MR) is 102 cm³/mol.